The normalized spacial score (nSPS) is 15.7. The number of hydrogen-bond acceptors (Lipinski definition) is 4. The van der Waals surface area contributed by atoms with E-state index in [0.29, 0.717) is 44.9 Å². The van der Waals surface area contributed by atoms with Crippen molar-refractivity contribution >= 4 is 52.4 Å². The van der Waals surface area contributed by atoms with Crippen LogP contribution in [-0.2, 0) is 20.8 Å². The lowest BCUT2D eigenvalue weighted by molar-refractivity contribution is -0.145. The predicted octanol–water partition coefficient (Wildman–Crippen LogP) is 5.07. The maximum atomic E-state index is 13.1. The Bertz CT molecular complexity index is 1140. The second-order valence-corrected chi connectivity index (χ2v) is 9.22. The summed E-state index contributed by atoms with van der Waals surface area (Å²) in [5.74, 6) is -0.0530. The van der Waals surface area contributed by atoms with E-state index in [1.54, 1.807) is 29.2 Å². The van der Waals surface area contributed by atoms with Gasteiger partial charge in [-0.3, -0.25) is 14.4 Å². The van der Waals surface area contributed by atoms with Gasteiger partial charge in [-0.1, -0.05) is 41.4 Å². The molecule has 1 aliphatic rings. The van der Waals surface area contributed by atoms with E-state index in [1.807, 2.05) is 6.07 Å². The Balaban J connectivity index is 1.82. The van der Waals surface area contributed by atoms with Crippen LogP contribution in [0.3, 0.4) is 0 Å². The van der Waals surface area contributed by atoms with Crippen LogP contribution < -0.4 is 4.74 Å². The SMILES string of the molecule is C=CC(=O)N1CCN(C(=O)CCc2cc(-c3cc(Cl)ccc3Cl)c(Cl)cc2OC)C(C(C)=O)C1. The summed E-state index contributed by atoms with van der Waals surface area (Å²) in [6, 6.07) is 7.97. The van der Waals surface area contributed by atoms with Crippen molar-refractivity contribution in [2.45, 2.75) is 25.8 Å². The van der Waals surface area contributed by atoms with Crippen molar-refractivity contribution < 1.29 is 19.1 Å². The number of piperazine rings is 1. The number of halogens is 3. The van der Waals surface area contributed by atoms with Crippen LogP contribution in [-0.4, -0.2) is 60.2 Å². The van der Waals surface area contributed by atoms with Gasteiger partial charge in [0, 0.05) is 47.2 Å². The maximum absolute atomic E-state index is 13.1. The number of carbonyl (C=O) groups is 3. The molecular formula is C25H25Cl3N2O4. The van der Waals surface area contributed by atoms with Crippen molar-refractivity contribution in [2.75, 3.05) is 26.7 Å². The van der Waals surface area contributed by atoms with Gasteiger partial charge in [-0.15, -0.1) is 0 Å². The Morgan fingerprint density at radius 3 is 2.44 bits per heavy atom. The summed E-state index contributed by atoms with van der Waals surface area (Å²) >= 11 is 19.0. The molecule has 0 radical (unpaired) electrons. The number of ketones is 1. The number of carbonyl (C=O) groups excluding carboxylic acids is 3. The van der Waals surface area contributed by atoms with Crippen LogP contribution in [0.4, 0.5) is 0 Å². The Morgan fingerprint density at radius 2 is 1.79 bits per heavy atom. The second kappa shape index (κ2) is 11.3. The van der Waals surface area contributed by atoms with Crippen LogP contribution in [0.5, 0.6) is 5.75 Å². The summed E-state index contributed by atoms with van der Waals surface area (Å²) in [4.78, 5) is 40.4. The first-order valence-electron chi connectivity index (χ1n) is 10.7. The van der Waals surface area contributed by atoms with Gasteiger partial charge < -0.3 is 14.5 Å². The van der Waals surface area contributed by atoms with Gasteiger partial charge in [0.15, 0.2) is 5.78 Å². The van der Waals surface area contributed by atoms with Crippen LogP contribution >= 0.6 is 34.8 Å². The third-order valence-electron chi connectivity index (χ3n) is 5.85. The topological polar surface area (TPSA) is 66.9 Å². The van der Waals surface area contributed by atoms with Crippen LogP contribution in [0.1, 0.15) is 18.9 Å². The quantitative estimate of drug-likeness (QED) is 0.475. The number of ether oxygens (including phenoxy) is 1. The summed E-state index contributed by atoms with van der Waals surface area (Å²) in [6.45, 7) is 5.71. The summed E-state index contributed by atoms with van der Waals surface area (Å²) in [7, 11) is 1.53. The minimum Gasteiger partial charge on any atom is -0.496 e. The second-order valence-electron chi connectivity index (χ2n) is 7.97. The Kier molecular flexibility index (Phi) is 8.63. The summed E-state index contributed by atoms with van der Waals surface area (Å²) in [6.07, 6.45) is 1.73. The van der Waals surface area contributed by atoms with Gasteiger partial charge in [0.1, 0.15) is 11.8 Å². The molecule has 180 valence electrons. The number of nitrogens with zero attached hydrogens (tertiary/aromatic N) is 2. The molecule has 1 saturated heterocycles. The van der Waals surface area contributed by atoms with Gasteiger partial charge in [0.25, 0.3) is 0 Å². The Morgan fingerprint density at radius 1 is 1.09 bits per heavy atom. The lowest BCUT2D eigenvalue weighted by Crippen LogP contribution is -2.58. The first-order chi connectivity index (χ1) is 16.2. The molecule has 0 aliphatic carbocycles. The number of hydrogen-bond donors (Lipinski definition) is 0. The molecule has 2 aromatic carbocycles. The number of Topliss-reactive ketones (excluding diaryl/α,β-unsaturated/α-hetero) is 1. The molecule has 0 N–H and O–H groups in total. The molecule has 1 fully saturated rings. The van der Waals surface area contributed by atoms with E-state index < -0.39 is 6.04 Å². The number of amides is 2. The highest BCUT2D eigenvalue weighted by Gasteiger charge is 2.34. The van der Waals surface area contributed by atoms with Crippen LogP contribution in [0.15, 0.2) is 43.0 Å². The van der Waals surface area contributed by atoms with Crippen molar-refractivity contribution in [3.63, 3.8) is 0 Å². The molecule has 9 heteroatoms. The first kappa shape index (κ1) is 26.1. The highest BCUT2D eigenvalue weighted by atomic mass is 35.5. The van der Waals surface area contributed by atoms with E-state index in [9.17, 15) is 14.4 Å². The third-order valence-corrected chi connectivity index (χ3v) is 6.73. The first-order valence-corrected chi connectivity index (χ1v) is 11.8. The predicted molar refractivity (Wildman–Crippen MR) is 135 cm³/mol. The fourth-order valence-corrected chi connectivity index (χ4v) is 4.69. The zero-order valence-corrected chi connectivity index (χ0v) is 21.2. The molecule has 0 bridgehead atoms. The molecule has 1 aliphatic heterocycles. The molecule has 2 amide bonds. The lowest BCUT2D eigenvalue weighted by atomic mass is 9.99. The van der Waals surface area contributed by atoms with Gasteiger partial charge in [0.2, 0.25) is 11.8 Å². The van der Waals surface area contributed by atoms with E-state index in [-0.39, 0.29) is 37.1 Å². The van der Waals surface area contributed by atoms with E-state index in [1.165, 1.54) is 25.0 Å². The van der Waals surface area contributed by atoms with Crippen molar-refractivity contribution in [2.24, 2.45) is 0 Å². The molecule has 3 rings (SSSR count). The van der Waals surface area contributed by atoms with E-state index in [4.69, 9.17) is 39.5 Å². The molecule has 34 heavy (non-hydrogen) atoms. The monoisotopic (exact) mass is 522 g/mol. The minimum atomic E-state index is -0.682. The van der Waals surface area contributed by atoms with Gasteiger partial charge in [-0.2, -0.15) is 0 Å². The van der Waals surface area contributed by atoms with Crippen LogP contribution in [0.2, 0.25) is 15.1 Å². The third kappa shape index (κ3) is 5.74. The largest absolute Gasteiger partial charge is 0.496 e. The van der Waals surface area contributed by atoms with Crippen LogP contribution in [0.25, 0.3) is 11.1 Å². The van der Waals surface area contributed by atoms with Crippen molar-refractivity contribution in [1.82, 2.24) is 9.80 Å². The van der Waals surface area contributed by atoms with E-state index >= 15 is 0 Å². The summed E-state index contributed by atoms with van der Waals surface area (Å²) < 4.78 is 5.48. The van der Waals surface area contributed by atoms with Crippen molar-refractivity contribution in [3.05, 3.63) is 63.6 Å². The van der Waals surface area contributed by atoms with Gasteiger partial charge in [-0.25, -0.2) is 0 Å². The zero-order valence-electron chi connectivity index (χ0n) is 18.9. The number of benzene rings is 2. The van der Waals surface area contributed by atoms with E-state index in [2.05, 4.69) is 6.58 Å². The van der Waals surface area contributed by atoms with Crippen LogP contribution in [0, 0.1) is 0 Å². The number of methoxy groups -OCH3 is 1. The average molecular weight is 524 g/mol. The molecule has 0 saturated carbocycles. The van der Waals surface area contributed by atoms with Crippen molar-refractivity contribution in [3.8, 4) is 16.9 Å². The zero-order chi connectivity index (χ0) is 25.0. The van der Waals surface area contributed by atoms with Gasteiger partial charge in [0.05, 0.1) is 12.1 Å². The Labute approximate surface area is 214 Å². The molecule has 1 atom stereocenters. The standard InChI is InChI=1S/C25H25Cl3N2O4/c1-4-24(32)29-9-10-30(22(14-29)15(2)31)25(33)8-5-16-11-18(21(28)13-23(16)34-3)19-12-17(26)6-7-20(19)27/h4,6-7,11-13,22H,1,5,8-10,14H2,2-3H3. The molecule has 1 heterocycles. The summed E-state index contributed by atoms with van der Waals surface area (Å²) in [5, 5.41) is 1.46. The molecular weight excluding hydrogens is 499 g/mol. The van der Waals surface area contributed by atoms with Gasteiger partial charge >= 0.3 is 0 Å². The molecule has 6 nitrogen and oxygen atoms in total. The maximum Gasteiger partial charge on any atom is 0.246 e. The minimum absolute atomic E-state index is 0.153. The fraction of sp³-hybridized carbons (Fsp3) is 0.320. The Hall–Kier alpha value is -2.54. The lowest BCUT2D eigenvalue weighted by Gasteiger charge is -2.40. The number of aryl methyl sites for hydroxylation is 1. The molecule has 0 spiro atoms. The molecule has 2 aromatic rings. The highest BCUT2D eigenvalue weighted by Crippen LogP contribution is 2.39. The smallest absolute Gasteiger partial charge is 0.246 e. The van der Waals surface area contributed by atoms with Crippen molar-refractivity contribution in [1.29, 1.82) is 0 Å². The van der Waals surface area contributed by atoms with E-state index in [0.717, 1.165) is 5.56 Å². The highest BCUT2D eigenvalue weighted by molar-refractivity contribution is 6.37. The average Bonchev–Trinajstić information content (AvgIpc) is 2.83. The number of rotatable bonds is 7. The molecule has 1 unspecified atom stereocenters. The summed E-state index contributed by atoms with van der Waals surface area (Å²) in [5.41, 5.74) is 2.12. The van der Waals surface area contributed by atoms with Gasteiger partial charge in [-0.05, 0) is 55.3 Å². The molecule has 0 aromatic heterocycles. The fourth-order valence-electron chi connectivity index (χ4n) is 4.04.